The second-order valence-electron chi connectivity index (χ2n) is 8.62. The van der Waals surface area contributed by atoms with E-state index in [0.717, 1.165) is 36.6 Å². The van der Waals surface area contributed by atoms with Crippen molar-refractivity contribution in [3.8, 4) is 17.4 Å². The third kappa shape index (κ3) is 3.65. The Morgan fingerprint density at radius 2 is 1.81 bits per heavy atom. The van der Waals surface area contributed by atoms with Gasteiger partial charge in [0.15, 0.2) is 0 Å². The summed E-state index contributed by atoms with van der Waals surface area (Å²) in [7, 11) is 1.39. The van der Waals surface area contributed by atoms with Gasteiger partial charge >= 0.3 is 5.69 Å². The molecule has 0 bridgehead atoms. The lowest BCUT2D eigenvalue weighted by molar-refractivity contribution is 0.402. The van der Waals surface area contributed by atoms with Crippen LogP contribution in [0.2, 0.25) is 5.02 Å². The summed E-state index contributed by atoms with van der Waals surface area (Å²) in [5, 5.41) is -0.163. The number of halogens is 3. The molecule has 0 unspecified atom stereocenters. The molecule has 5 aromatic rings. The van der Waals surface area contributed by atoms with E-state index in [-0.39, 0.29) is 39.0 Å². The van der Waals surface area contributed by atoms with E-state index in [4.69, 9.17) is 16.3 Å². The smallest absolute Gasteiger partial charge is 0.342 e. The maximum Gasteiger partial charge on any atom is 0.342 e. The van der Waals surface area contributed by atoms with Crippen LogP contribution in [0.25, 0.3) is 28.1 Å². The predicted molar refractivity (Wildman–Crippen MR) is 135 cm³/mol. The minimum atomic E-state index is -0.757. The highest BCUT2D eigenvalue weighted by atomic mass is 35.5. The quantitative estimate of drug-likeness (QED) is 0.356. The number of hydrogen-bond donors (Lipinski definition) is 0. The van der Waals surface area contributed by atoms with Gasteiger partial charge < -0.3 is 9.64 Å². The predicted octanol–water partition coefficient (Wildman–Crippen LogP) is 3.72. The van der Waals surface area contributed by atoms with Gasteiger partial charge in [-0.15, -0.1) is 0 Å². The van der Waals surface area contributed by atoms with Crippen LogP contribution in [0.15, 0.2) is 58.4 Å². The molecule has 0 radical (unpaired) electrons. The molecule has 0 saturated carbocycles. The summed E-state index contributed by atoms with van der Waals surface area (Å²) in [6.45, 7) is 1.54. The number of anilines is 1. The molecule has 6 rings (SSSR count). The summed E-state index contributed by atoms with van der Waals surface area (Å²) >= 11 is 6.07. The van der Waals surface area contributed by atoms with Gasteiger partial charge in [0, 0.05) is 31.4 Å². The maximum atomic E-state index is 14.0. The van der Waals surface area contributed by atoms with Gasteiger partial charge in [0.25, 0.3) is 5.56 Å². The molecular formula is C25H19ClF2N6O3. The van der Waals surface area contributed by atoms with E-state index in [1.807, 2.05) is 4.90 Å². The molecule has 1 aliphatic rings. The molecule has 0 amide bonds. The number of nitrogens with zero attached hydrogens (tertiary/aromatic N) is 6. The molecular weight excluding hydrogens is 506 g/mol. The Balaban J connectivity index is 1.76. The highest BCUT2D eigenvalue weighted by molar-refractivity contribution is 6.30. The van der Waals surface area contributed by atoms with Crippen molar-refractivity contribution in [2.75, 3.05) is 25.1 Å². The van der Waals surface area contributed by atoms with E-state index < -0.39 is 22.9 Å². The first-order valence-corrected chi connectivity index (χ1v) is 11.9. The second kappa shape index (κ2) is 8.70. The normalized spacial score (nSPS) is 13.7. The van der Waals surface area contributed by atoms with Gasteiger partial charge in [-0.25, -0.2) is 23.1 Å². The summed E-state index contributed by atoms with van der Waals surface area (Å²) in [4.78, 5) is 38.7. The lowest BCUT2D eigenvalue weighted by Gasteiger charge is -2.20. The number of rotatable bonds is 4. The molecule has 37 heavy (non-hydrogen) atoms. The summed E-state index contributed by atoms with van der Waals surface area (Å²) in [5.74, 6) is -0.517. The average Bonchev–Trinajstić information content (AvgIpc) is 3.56. The molecule has 9 nitrogen and oxygen atoms in total. The Bertz CT molecular complexity index is 1820. The van der Waals surface area contributed by atoms with Crippen LogP contribution in [-0.4, -0.2) is 43.7 Å². The van der Waals surface area contributed by atoms with Gasteiger partial charge in [-0.05, 0) is 37.1 Å². The molecule has 1 fully saturated rings. The van der Waals surface area contributed by atoms with E-state index in [0.29, 0.717) is 5.82 Å². The summed E-state index contributed by atoms with van der Waals surface area (Å²) in [6, 6.07) is 7.85. The molecule has 12 heteroatoms. The monoisotopic (exact) mass is 524 g/mol. The van der Waals surface area contributed by atoms with Gasteiger partial charge in [0.2, 0.25) is 5.88 Å². The maximum absolute atomic E-state index is 14.0. The lowest BCUT2D eigenvalue weighted by atomic mass is 10.2. The topological polar surface area (TPSA) is 86.7 Å². The molecule has 0 spiro atoms. The summed E-state index contributed by atoms with van der Waals surface area (Å²) < 4.78 is 36.9. The number of fused-ring (bicyclic) bond motifs is 2. The molecule has 0 atom stereocenters. The van der Waals surface area contributed by atoms with Crippen molar-refractivity contribution in [3.63, 3.8) is 0 Å². The van der Waals surface area contributed by atoms with Crippen LogP contribution in [0.3, 0.4) is 0 Å². The zero-order chi connectivity index (χ0) is 25.8. The van der Waals surface area contributed by atoms with Gasteiger partial charge in [0.1, 0.15) is 34.3 Å². The second-order valence-corrected chi connectivity index (χ2v) is 9.03. The Morgan fingerprint density at radius 3 is 2.54 bits per heavy atom. The first-order chi connectivity index (χ1) is 17.9. The highest BCUT2D eigenvalue weighted by Crippen LogP contribution is 2.29. The van der Waals surface area contributed by atoms with Gasteiger partial charge in [-0.3, -0.25) is 13.8 Å². The van der Waals surface area contributed by atoms with Gasteiger partial charge in [-0.2, -0.15) is 4.98 Å². The number of imidazole rings is 1. The molecule has 4 aromatic heterocycles. The van der Waals surface area contributed by atoms with E-state index >= 15 is 0 Å². The molecule has 0 N–H and O–H groups in total. The molecule has 1 aliphatic heterocycles. The Labute approximate surface area is 212 Å². The van der Waals surface area contributed by atoms with Crippen LogP contribution in [0.1, 0.15) is 12.8 Å². The zero-order valence-electron chi connectivity index (χ0n) is 19.5. The Hall–Kier alpha value is -4.25. The van der Waals surface area contributed by atoms with Crippen molar-refractivity contribution in [2.45, 2.75) is 12.8 Å². The minimum absolute atomic E-state index is 0.0278. The van der Waals surface area contributed by atoms with Crippen molar-refractivity contribution in [3.05, 3.63) is 86.3 Å². The van der Waals surface area contributed by atoms with E-state index in [9.17, 15) is 18.4 Å². The molecule has 1 aromatic carbocycles. The van der Waals surface area contributed by atoms with Crippen molar-refractivity contribution in [2.24, 2.45) is 0 Å². The largest absolute Gasteiger partial charge is 0.480 e. The van der Waals surface area contributed by atoms with Crippen molar-refractivity contribution in [1.29, 1.82) is 0 Å². The van der Waals surface area contributed by atoms with E-state index in [2.05, 4.69) is 9.97 Å². The van der Waals surface area contributed by atoms with Gasteiger partial charge in [0.05, 0.1) is 29.5 Å². The van der Waals surface area contributed by atoms with Crippen LogP contribution in [0, 0.1) is 11.6 Å². The van der Waals surface area contributed by atoms with Gasteiger partial charge in [-0.1, -0.05) is 11.6 Å². The molecule has 188 valence electrons. The number of methoxy groups -OCH3 is 1. The third-order valence-corrected chi connectivity index (χ3v) is 6.75. The van der Waals surface area contributed by atoms with E-state index in [1.165, 1.54) is 52.7 Å². The SMILES string of the molecule is COc1nc(N2CCCC2)cc2c1c(=O)n(-c1cnc3cc(F)ccn13)c(=O)n2-c1ccc(F)c(Cl)c1. The molecule has 1 saturated heterocycles. The van der Waals surface area contributed by atoms with Crippen LogP contribution < -0.4 is 20.9 Å². The number of hydrogen-bond acceptors (Lipinski definition) is 6. The molecule has 5 heterocycles. The zero-order valence-corrected chi connectivity index (χ0v) is 20.2. The van der Waals surface area contributed by atoms with Crippen molar-refractivity contribution < 1.29 is 13.5 Å². The fraction of sp³-hybridized carbons (Fsp3) is 0.200. The van der Waals surface area contributed by atoms with Crippen molar-refractivity contribution >= 4 is 34.0 Å². The van der Waals surface area contributed by atoms with Crippen LogP contribution in [0.4, 0.5) is 14.6 Å². The fourth-order valence-electron chi connectivity index (χ4n) is 4.71. The highest BCUT2D eigenvalue weighted by Gasteiger charge is 2.25. The van der Waals surface area contributed by atoms with Crippen LogP contribution in [-0.2, 0) is 0 Å². The third-order valence-electron chi connectivity index (χ3n) is 6.46. The number of aromatic nitrogens is 5. The molecule has 0 aliphatic carbocycles. The summed E-state index contributed by atoms with van der Waals surface area (Å²) in [5.41, 5.74) is -0.801. The number of pyridine rings is 2. The first kappa shape index (κ1) is 23.2. The Kier molecular flexibility index (Phi) is 5.45. The number of benzene rings is 1. The van der Waals surface area contributed by atoms with Crippen LogP contribution >= 0.6 is 11.6 Å². The van der Waals surface area contributed by atoms with Crippen LogP contribution in [0.5, 0.6) is 5.88 Å². The standard InChI is InChI=1S/C25H19ClF2N6O3/c1-37-23-22-18(12-20(30-23)31-7-2-3-8-31)33(15-4-5-17(28)16(26)11-15)25(36)34(24(22)35)21-13-29-19-10-14(27)6-9-32(19)21/h4-6,9-13H,2-3,7-8H2,1H3. The summed E-state index contributed by atoms with van der Waals surface area (Å²) in [6.07, 6.45) is 4.63. The Morgan fingerprint density at radius 1 is 1.03 bits per heavy atom. The average molecular weight is 525 g/mol. The first-order valence-electron chi connectivity index (χ1n) is 11.5. The number of ether oxygens (including phenoxy) is 1. The fourth-order valence-corrected chi connectivity index (χ4v) is 4.89. The minimum Gasteiger partial charge on any atom is -0.480 e. The van der Waals surface area contributed by atoms with E-state index in [1.54, 1.807) is 6.07 Å². The lowest BCUT2D eigenvalue weighted by Crippen LogP contribution is -2.39. The van der Waals surface area contributed by atoms with Crippen molar-refractivity contribution in [1.82, 2.24) is 23.5 Å².